The van der Waals surface area contributed by atoms with Crippen LogP contribution in [0.5, 0.6) is 5.75 Å². The maximum atomic E-state index is 12.7. The highest BCUT2D eigenvalue weighted by molar-refractivity contribution is 5.92. The molecule has 1 N–H and O–H groups in total. The Balaban J connectivity index is 1.60. The molecule has 2 aromatic rings. The quantitative estimate of drug-likeness (QED) is 0.645. The predicted molar refractivity (Wildman–Crippen MR) is 123 cm³/mol. The van der Waals surface area contributed by atoms with Gasteiger partial charge >= 0.3 is 0 Å². The molecule has 1 amide bonds. The molecule has 160 valence electrons. The van der Waals surface area contributed by atoms with Crippen molar-refractivity contribution in [1.29, 1.82) is 0 Å². The molecule has 5 nitrogen and oxygen atoms in total. The Bertz CT molecular complexity index is 797. The molecule has 0 radical (unpaired) electrons. The Kier molecular flexibility index (Phi) is 8.48. The largest absolute Gasteiger partial charge is 0.494 e. The van der Waals surface area contributed by atoms with Gasteiger partial charge in [-0.05, 0) is 42.8 Å². The predicted octanol–water partition coefficient (Wildman–Crippen LogP) is 3.59. The lowest BCUT2D eigenvalue weighted by Gasteiger charge is -2.34. The van der Waals surface area contributed by atoms with Gasteiger partial charge in [0.05, 0.1) is 12.6 Å². The molecule has 0 spiro atoms. The molecular formula is C25H33N3O2. The summed E-state index contributed by atoms with van der Waals surface area (Å²) < 4.78 is 5.61. The average molecular weight is 408 g/mol. The lowest BCUT2D eigenvalue weighted by Crippen LogP contribution is -2.47. The van der Waals surface area contributed by atoms with Crippen LogP contribution in [0.3, 0.4) is 0 Å². The number of rotatable bonds is 9. The van der Waals surface area contributed by atoms with E-state index in [1.165, 1.54) is 0 Å². The van der Waals surface area contributed by atoms with Crippen LogP contribution in [0.4, 0.5) is 0 Å². The zero-order valence-corrected chi connectivity index (χ0v) is 18.1. The number of ether oxygens (including phenoxy) is 1. The second kappa shape index (κ2) is 11.5. The van der Waals surface area contributed by atoms with E-state index in [0.717, 1.165) is 56.0 Å². The first-order chi connectivity index (χ1) is 14.6. The van der Waals surface area contributed by atoms with E-state index in [1.807, 2.05) is 48.5 Å². The minimum absolute atomic E-state index is 0.0309. The molecule has 2 aromatic carbocycles. The van der Waals surface area contributed by atoms with E-state index in [9.17, 15) is 4.79 Å². The van der Waals surface area contributed by atoms with Gasteiger partial charge < -0.3 is 15.0 Å². The second-order valence-corrected chi connectivity index (χ2v) is 7.83. The summed E-state index contributed by atoms with van der Waals surface area (Å²) in [5, 5.41) is 3.20. The molecule has 1 heterocycles. The summed E-state index contributed by atoms with van der Waals surface area (Å²) in [7, 11) is 2.15. The topological polar surface area (TPSA) is 44.8 Å². The van der Waals surface area contributed by atoms with Crippen LogP contribution in [0.2, 0.25) is 0 Å². The van der Waals surface area contributed by atoms with Crippen LogP contribution in [0.1, 0.15) is 30.5 Å². The smallest absolute Gasteiger partial charge is 0.244 e. The summed E-state index contributed by atoms with van der Waals surface area (Å²) in [6.45, 7) is 7.80. The summed E-state index contributed by atoms with van der Waals surface area (Å²) in [5.74, 6) is 0.777. The van der Waals surface area contributed by atoms with Gasteiger partial charge in [-0.15, -0.1) is 0 Å². The molecule has 0 aromatic heterocycles. The van der Waals surface area contributed by atoms with Crippen molar-refractivity contribution >= 4 is 12.0 Å². The van der Waals surface area contributed by atoms with Gasteiger partial charge in [0.25, 0.3) is 0 Å². The number of amides is 1. The Hall–Kier alpha value is -2.63. The molecule has 30 heavy (non-hydrogen) atoms. The summed E-state index contributed by atoms with van der Waals surface area (Å²) in [4.78, 5) is 17.4. The third kappa shape index (κ3) is 7.01. The van der Waals surface area contributed by atoms with Crippen molar-refractivity contribution in [2.45, 2.75) is 19.4 Å². The van der Waals surface area contributed by atoms with Crippen LogP contribution in [0, 0.1) is 0 Å². The van der Waals surface area contributed by atoms with E-state index < -0.39 is 0 Å². The molecule has 3 rings (SSSR count). The highest BCUT2D eigenvalue weighted by atomic mass is 16.5. The van der Waals surface area contributed by atoms with Crippen molar-refractivity contribution in [1.82, 2.24) is 15.1 Å². The Morgan fingerprint density at radius 3 is 2.43 bits per heavy atom. The maximum Gasteiger partial charge on any atom is 0.244 e. The number of nitrogens with one attached hydrogen (secondary N) is 1. The van der Waals surface area contributed by atoms with Crippen molar-refractivity contribution in [3.05, 3.63) is 71.8 Å². The summed E-state index contributed by atoms with van der Waals surface area (Å²) in [6, 6.07) is 18.0. The number of hydrogen-bond donors (Lipinski definition) is 1. The van der Waals surface area contributed by atoms with Crippen LogP contribution in [0.15, 0.2) is 60.7 Å². The average Bonchev–Trinajstić information content (AvgIpc) is 2.78. The second-order valence-electron chi connectivity index (χ2n) is 7.83. The maximum absolute atomic E-state index is 12.7. The molecule has 0 saturated carbocycles. The number of carbonyl (C=O) groups excluding carboxylic acids is 1. The Labute approximate surface area is 180 Å². The molecule has 1 atom stereocenters. The lowest BCUT2D eigenvalue weighted by molar-refractivity contribution is -0.117. The first-order valence-electron chi connectivity index (χ1n) is 10.8. The van der Waals surface area contributed by atoms with Crippen molar-refractivity contribution in [2.75, 3.05) is 46.4 Å². The van der Waals surface area contributed by atoms with Crippen LogP contribution in [-0.2, 0) is 4.79 Å². The molecule has 1 aliphatic heterocycles. The Morgan fingerprint density at radius 2 is 1.77 bits per heavy atom. The Morgan fingerprint density at radius 1 is 1.07 bits per heavy atom. The van der Waals surface area contributed by atoms with Crippen molar-refractivity contribution in [2.24, 2.45) is 0 Å². The van der Waals surface area contributed by atoms with E-state index in [0.29, 0.717) is 6.61 Å². The standard InChI is InChI=1S/C25H33N3O2/c1-3-19-30-23-12-9-21(10-13-23)11-14-25(29)26-24(22-7-5-4-6-8-22)20-28-17-15-27(2)16-18-28/h4-14,24H,3,15-20H2,1-2H3,(H,26,29)/b14-11+. The number of nitrogens with zero attached hydrogens (tertiary/aromatic N) is 2. The van der Waals surface area contributed by atoms with Crippen molar-refractivity contribution in [3.63, 3.8) is 0 Å². The highest BCUT2D eigenvalue weighted by Crippen LogP contribution is 2.16. The minimum atomic E-state index is -0.0794. The van der Waals surface area contributed by atoms with Gasteiger partial charge in [-0.25, -0.2) is 0 Å². The summed E-state index contributed by atoms with van der Waals surface area (Å²) in [5.41, 5.74) is 2.11. The molecule has 1 unspecified atom stereocenters. The van der Waals surface area contributed by atoms with Crippen LogP contribution in [0.25, 0.3) is 6.08 Å². The molecule has 0 bridgehead atoms. The van der Waals surface area contributed by atoms with E-state index in [2.05, 4.69) is 41.2 Å². The molecule has 5 heteroatoms. The van der Waals surface area contributed by atoms with E-state index in [1.54, 1.807) is 6.08 Å². The normalized spacial score (nSPS) is 16.5. The van der Waals surface area contributed by atoms with Gasteiger partial charge in [-0.1, -0.05) is 49.4 Å². The van der Waals surface area contributed by atoms with E-state index in [4.69, 9.17) is 4.74 Å². The number of piperazine rings is 1. The first kappa shape index (κ1) is 22.1. The van der Waals surface area contributed by atoms with Crippen molar-refractivity contribution in [3.8, 4) is 5.75 Å². The molecule has 0 aliphatic carbocycles. The number of carbonyl (C=O) groups is 1. The molecule has 1 aliphatic rings. The highest BCUT2D eigenvalue weighted by Gasteiger charge is 2.20. The summed E-state index contributed by atoms with van der Waals surface area (Å²) in [6.07, 6.45) is 4.44. The van der Waals surface area contributed by atoms with Crippen LogP contribution >= 0.6 is 0 Å². The SMILES string of the molecule is CCCOc1ccc(/C=C/C(=O)NC(CN2CCN(C)CC2)c2ccccc2)cc1. The summed E-state index contributed by atoms with van der Waals surface area (Å²) >= 11 is 0. The number of likely N-dealkylation sites (N-methyl/N-ethyl adjacent to an activating group) is 1. The number of benzene rings is 2. The zero-order chi connectivity index (χ0) is 21.2. The zero-order valence-electron chi connectivity index (χ0n) is 18.1. The fourth-order valence-electron chi connectivity index (χ4n) is 3.50. The molecule has 1 fully saturated rings. The first-order valence-corrected chi connectivity index (χ1v) is 10.8. The lowest BCUT2D eigenvalue weighted by atomic mass is 10.1. The van der Waals surface area contributed by atoms with Crippen LogP contribution in [-0.4, -0.2) is 62.1 Å². The van der Waals surface area contributed by atoms with Gasteiger partial charge in [0.1, 0.15) is 5.75 Å². The number of hydrogen-bond acceptors (Lipinski definition) is 4. The molecular weight excluding hydrogens is 374 g/mol. The monoisotopic (exact) mass is 407 g/mol. The van der Waals surface area contributed by atoms with E-state index in [-0.39, 0.29) is 11.9 Å². The fourth-order valence-corrected chi connectivity index (χ4v) is 3.50. The minimum Gasteiger partial charge on any atom is -0.494 e. The fraction of sp³-hybridized carbons (Fsp3) is 0.400. The molecule has 1 saturated heterocycles. The third-order valence-electron chi connectivity index (χ3n) is 5.34. The van der Waals surface area contributed by atoms with Gasteiger partial charge in [0.15, 0.2) is 0 Å². The van der Waals surface area contributed by atoms with Crippen LogP contribution < -0.4 is 10.1 Å². The van der Waals surface area contributed by atoms with Gasteiger partial charge in [0, 0.05) is 38.8 Å². The van der Waals surface area contributed by atoms with Crippen molar-refractivity contribution < 1.29 is 9.53 Å². The van der Waals surface area contributed by atoms with Gasteiger partial charge in [-0.3, -0.25) is 9.69 Å². The van der Waals surface area contributed by atoms with Gasteiger partial charge in [-0.2, -0.15) is 0 Å². The van der Waals surface area contributed by atoms with E-state index >= 15 is 0 Å². The van der Waals surface area contributed by atoms with Gasteiger partial charge in [0.2, 0.25) is 5.91 Å². The third-order valence-corrected chi connectivity index (χ3v) is 5.34.